The van der Waals surface area contributed by atoms with E-state index in [4.69, 9.17) is 10.2 Å². The second-order valence-corrected chi connectivity index (χ2v) is 2.31. The van der Waals surface area contributed by atoms with Crippen LogP contribution in [0.4, 0.5) is 0 Å². The van der Waals surface area contributed by atoms with Crippen LogP contribution < -0.4 is 0 Å². The highest BCUT2D eigenvalue weighted by atomic mass is 16.6. The Balaban J connectivity index is 4.48. The Morgan fingerprint density at radius 2 is 1.73 bits per heavy atom. The molecule has 0 heterocycles. The van der Waals surface area contributed by atoms with E-state index < -0.39 is 36.2 Å². The van der Waals surface area contributed by atoms with Gasteiger partial charge in [-0.25, -0.2) is 14.4 Å². The predicted octanol–water partition coefficient (Wildman–Crippen LogP) is -1.77. The van der Waals surface area contributed by atoms with E-state index in [1.165, 1.54) is 0 Å². The third-order valence-corrected chi connectivity index (χ3v) is 1.24. The van der Waals surface area contributed by atoms with Gasteiger partial charge in [-0.15, -0.1) is 0 Å². The van der Waals surface area contributed by atoms with Crippen LogP contribution in [-0.4, -0.2) is 46.3 Å². The fourth-order valence-electron chi connectivity index (χ4n) is 0.603. The molecule has 0 aliphatic carbocycles. The monoisotopic (exact) mass is 218 g/mol. The number of carboxylic acids is 2. The average Bonchev–Trinajstić information content (AvgIpc) is 2.15. The second-order valence-electron chi connectivity index (χ2n) is 2.31. The van der Waals surface area contributed by atoms with Gasteiger partial charge < -0.3 is 14.9 Å². The molecule has 82 valence electrons. The molecule has 0 rings (SSSR count). The van der Waals surface area contributed by atoms with E-state index in [0.717, 1.165) is 0 Å². The van der Waals surface area contributed by atoms with Crippen molar-refractivity contribution in [1.29, 1.82) is 0 Å². The first kappa shape index (κ1) is 12.8. The smallest absolute Gasteiger partial charge is 0.372 e. The molecule has 0 amide bonds. The third-order valence-electron chi connectivity index (χ3n) is 1.24. The van der Waals surface area contributed by atoms with Gasteiger partial charge >= 0.3 is 17.9 Å². The maximum atomic E-state index is 10.6. The zero-order valence-electron chi connectivity index (χ0n) is 7.21. The number of aldehydes is 1. The maximum Gasteiger partial charge on any atom is 0.372 e. The zero-order valence-corrected chi connectivity index (χ0v) is 7.21. The molecule has 0 aromatic heterocycles. The molecule has 0 saturated heterocycles. The number of carbonyl (C=O) groups excluding carboxylic acids is 3. The van der Waals surface area contributed by atoms with Crippen LogP contribution in [0, 0.1) is 0 Å². The van der Waals surface area contributed by atoms with Gasteiger partial charge in [-0.1, -0.05) is 0 Å². The van der Waals surface area contributed by atoms with Crippen molar-refractivity contribution in [1.82, 2.24) is 0 Å². The quantitative estimate of drug-likeness (QED) is 0.303. The number of carboxylic acid groups (broad SMARTS) is 2. The number of hydrogen-bond acceptors (Lipinski definition) is 6. The highest BCUT2D eigenvalue weighted by Crippen LogP contribution is 2.00. The van der Waals surface area contributed by atoms with Crippen molar-refractivity contribution in [3.63, 3.8) is 0 Å². The summed E-state index contributed by atoms with van der Waals surface area (Å²) in [4.78, 5) is 51.2. The minimum absolute atomic E-state index is 0.290. The SMILES string of the molecule is O=CC(=O)OC(CC(=O)C(=O)O)C(=O)O. The molecule has 2 N–H and O–H groups in total. The van der Waals surface area contributed by atoms with Crippen molar-refractivity contribution in [2.45, 2.75) is 12.5 Å². The lowest BCUT2D eigenvalue weighted by Crippen LogP contribution is -2.32. The average molecular weight is 218 g/mol. The van der Waals surface area contributed by atoms with Crippen molar-refractivity contribution in [2.24, 2.45) is 0 Å². The summed E-state index contributed by atoms with van der Waals surface area (Å²) in [7, 11) is 0. The van der Waals surface area contributed by atoms with Crippen LogP contribution in [-0.2, 0) is 28.7 Å². The molecule has 0 radical (unpaired) electrons. The van der Waals surface area contributed by atoms with Crippen molar-refractivity contribution in [3.05, 3.63) is 0 Å². The normalized spacial score (nSPS) is 11.2. The van der Waals surface area contributed by atoms with Gasteiger partial charge in [0.15, 0.2) is 0 Å². The Morgan fingerprint density at radius 3 is 2.07 bits per heavy atom. The van der Waals surface area contributed by atoms with Gasteiger partial charge in [0.1, 0.15) is 0 Å². The topological polar surface area (TPSA) is 135 Å². The third kappa shape index (κ3) is 4.50. The Morgan fingerprint density at radius 1 is 1.20 bits per heavy atom. The van der Waals surface area contributed by atoms with Crippen LogP contribution in [0.5, 0.6) is 0 Å². The minimum Gasteiger partial charge on any atom is -0.478 e. The van der Waals surface area contributed by atoms with Gasteiger partial charge in [0, 0.05) is 0 Å². The van der Waals surface area contributed by atoms with Gasteiger partial charge in [-0.05, 0) is 0 Å². The molecule has 8 nitrogen and oxygen atoms in total. The zero-order chi connectivity index (χ0) is 12.0. The molecule has 8 heteroatoms. The van der Waals surface area contributed by atoms with E-state index in [9.17, 15) is 24.0 Å². The fraction of sp³-hybridized carbons (Fsp3) is 0.286. The standard InChI is InChI=1S/C7H6O8/c8-2-5(10)15-4(7(13)14)1-3(9)6(11)12/h2,4H,1H2,(H,11,12)(H,13,14). The van der Waals surface area contributed by atoms with Crippen LogP contribution in [0.2, 0.25) is 0 Å². The van der Waals surface area contributed by atoms with Crippen molar-refractivity contribution < 1.29 is 38.9 Å². The lowest BCUT2D eigenvalue weighted by atomic mass is 10.2. The predicted molar refractivity (Wildman–Crippen MR) is 40.8 cm³/mol. The Hall–Kier alpha value is -2.25. The molecular weight excluding hydrogens is 212 g/mol. The molecule has 0 fully saturated rings. The second kappa shape index (κ2) is 5.47. The number of ether oxygens (including phenoxy) is 1. The summed E-state index contributed by atoms with van der Waals surface area (Å²) in [6.07, 6.45) is -3.28. The summed E-state index contributed by atoms with van der Waals surface area (Å²) >= 11 is 0. The lowest BCUT2D eigenvalue weighted by molar-refractivity contribution is -0.167. The molecule has 0 saturated carbocycles. The molecule has 0 aromatic carbocycles. The Bertz CT molecular complexity index is 317. The van der Waals surface area contributed by atoms with E-state index >= 15 is 0 Å². The first-order valence-corrected chi connectivity index (χ1v) is 3.53. The van der Waals surface area contributed by atoms with Gasteiger partial charge in [-0.2, -0.15) is 0 Å². The van der Waals surface area contributed by atoms with E-state index in [-0.39, 0.29) is 6.29 Å². The van der Waals surface area contributed by atoms with E-state index in [1.54, 1.807) is 0 Å². The van der Waals surface area contributed by atoms with Crippen LogP contribution in [0.3, 0.4) is 0 Å². The van der Waals surface area contributed by atoms with E-state index in [0.29, 0.717) is 0 Å². The largest absolute Gasteiger partial charge is 0.478 e. The molecular formula is C7H6O8. The highest BCUT2D eigenvalue weighted by molar-refractivity contribution is 6.33. The number of ketones is 1. The molecule has 0 aliphatic heterocycles. The summed E-state index contributed by atoms with van der Waals surface area (Å²) < 4.78 is 3.99. The molecule has 1 atom stereocenters. The molecule has 0 aromatic rings. The number of aliphatic carboxylic acids is 2. The van der Waals surface area contributed by atoms with Gasteiger partial charge in [0.2, 0.25) is 18.2 Å². The summed E-state index contributed by atoms with van der Waals surface area (Å²) in [5, 5.41) is 16.6. The van der Waals surface area contributed by atoms with Gasteiger partial charge in [0.25, 0.3) is 0 Å². The van der Waals surface area contributed by atoms with E-state index in [1.807, 2.05) is 0 Å². The van der Waals surface area contributed by atoms with Crippen molar-refractivity contribution >= 4 is 30.0 Å². The number of esters is 1. The number of rotatable bonds is 6. The highest BCUT2D eigenvalue weighted by Gasteiger charge is 2.28. The van der Waals surface area contributed by atoms with Crippen molar-refractivity contribution in [3.8, 4) is 0 Å². The Labute approximate surface area is 82.4 Å². The van der Waals surface area contributed by atoms with Crippen LogP contribution in [0.15, 0.2) is 0 Å². The fourth-order valence-corrected chi connectivity index (χ4v) is 0.603. The van der Waals surface area contributed by atoms with Crippen LogP contribution in [0.1, 0.15) is 6.42 Å². The molecule has 0 bridgehead atoms. The molecule has 1 unspecified atom stereocenters. The first-order valence-electron chi connectivity index (χ1n) is 3.53. The molecule has 15 heavy (non-hydrogen) atoms. The molecule has 0 spiro atoms. The van der Waals surface area contributed by atoms with Gasteiger partial charge in [0.05, 0.1) is 6.42 Å². The summed E-state index contributed by atoms with van der Waals surface area (Å²) in [5.74, 6) is -6.47. The first-order chi connectivity index (χ1) is 6.88. The van der Waals surface area contributed by atoms with Crippen LogP contribution >= 0.6 is 0 Å². The molecule has 0 aliphatic rings. The number of carbonyl (C=O) groups is 5. The Kier molecular flexibility index (Phi) is 4.65. The van der Waals surface area contributed by atoms with Crippen molar-refractivity contribution in [2.75, 3.05) is 0 Å². The van der Waals surface area contributed by atoms with Crippen LogP contribution in [0.25, 0.3) is 0 Å². The minimum atomic E-state index is -1.97. The number of Topliss-reactive ketones (excluding diaryl/α,β-unsaturated/α-hetero) is 1. The summed E-state index contributed by atoms with van der Waals surface area (Å²) in [6.45, 7) is 0. The number of hydrogen-bond donors (Lipinski definition) is 2. The summed E-state index contributed by atoms with van der Waals surface area (Å²) in [6, 6.07) is 0. The summed E-state index contributed by atoms with van der Waals surface area (Å²) in [5.41, 5.74) is 0. The van der Waals surface area contributed by atoms with E-state index in [2.05, 4.69) is 4.74 Å². The van der Waals surface area contributed by atoms with Gasteiger partial charge in [-0.3, -0.25) is 9.59 Å². The maximum absolute atomic E-state index is 10.6. The lowest BCUT2D eigenvalue weighted by Gasteiger charge is -2.09.